The van der Waals surface area contributed by atoms with Gasteiger partial charge in [0.1, 0.15) is 0 Å². The van der Waals surface area contributed by atoms with Crippen molar-refractivity contribution < 1.29 is 9.90 Å². The number of carbonyl (C=O) groups is 1. The third-order valence-corrected chi connectivity index (χ3v) is 4.63. The zero-order chi connectivity index (χ0) is 18.4. The maximum atomic E-state index is 10.3. The van der Waals surface area contributed by atoms with Crippen molar-refractivity contribution in [1.82, 2.24) is 5.32 Å². The fourth-order valence-corrected chi connectivity index (χ4v) is 2.99. The maximum Gasteiger partial charge on any atom is 0.304 e. The molecule has 0 amide bonds. The third-order valence-electron chi connectivity index (χ3n) is 4.63. The fourth-order valence-electron chi connectivity index (χ4n) is 2.99. The van der Waals surface area contributed by atoms with Crippen LogP contribution in [0.15, 0.2) is 12.2 Å². The molecule has 0 saturated carbocycles. The van der Waals surface area contributed by atoms with Gasteiger partial charge in [0.2, 0.25) is 0 Å². The molecule has 0 unspecified atom stereocenters. The van der Waals surface area contributed by atoms with Crippen molar-refractivity contribution in [2.45, 2.75) is 110 Å². The first kappa shape index (κ1) is 24.2. The van der Waals surface area contributed by atoms with Crippen molar-refractivity contribution in [2.75, 3.05) is 13.1 Å². The van der Waals surface area contributed by atoms with Gasteiger partial charge < -0.3 is 10.4 Å². The van der Waals surface area contributed by atoms with Gasteiger partial charge in [0.15, 0.2) is 0 Å². The highest BCUT2D eigenvalue weighted by molar-refractivity contribution is 5.66. The molecule has 0 saturated heterocycles. The first-order valence-corrected chi connectivity index (χ1v) is 10.8. The monoisotopic (exact) mass is 353 g/mol. The molecule has 0 heterocycles. The van der Waals surface area contributed by atoms with Crippen molar-refractivity contribution in [1.29, 1.82) is 0 Å². The Morgan fingerprint density at radius 3 is 1.72 bits per heavy atom. The second-order valence-electron chi connectivity index (χ2n) is 7.19. The predicted molar refractivity (Wildman–Crippen MR) is 109 cm³/mol. The molecule has 0 rings (SSSR count). The molecule has 0 aromatic heterocycles. The molecule has 0 spiro atoms. The van der Waals surface area contributed by atoms with Crippen LogP contribution in [0.3, 0.4) is 0 Å². The highest BCUT2D eigenvalue weighted by Crippen LogP contribution is 2.10. The Morgan fingerprint density at radius 1 is 0.720 bits per heavy atom. The Kier molecular flexibility index (Phi) is 20.5. The summed E-state index contributed by atoms with van der Waals surface area (Å²) in [6, 6.07) is 0. The first-order chi connectivity index (χ1) is 12.3. The van der Waals surface area contributed by atoms with E-state index >= 15 is 0 Å². The minimum atomic E-state index is -0.718. The average molecular weight is 354 g/mol. The molecule has 3 heteroatoms. The number of allylic oxidation sites excluding steroid dienone is 2. The van der Waals surface area contributed by atoms with Gasteiger partial charge in [-0.25, -0.2) is 0 Å². The van der Waals surface area contributed by atoms with Crippen molar-refractivity contribution >= 4 is 5.97 Å². The van der Waals surface area contributed by atoms with E-state index in [0.717, 1.165) is 6.54 Å². The van der Waals surface area contributed by atoms with Gasteiger partial charge >= 0.3 is 5.97 Å². The average Bonchev–Trinajstić information content (AvgIpc) is 2.60. The van der Waals surface area contributed by atoms with Gasteiger partial charge in [0.25, 0.3) is 0 Å². The van der Waals surface area contributed by atoms with E-state index in [0.29, 0.717) is 6.54 Å². The Balaban J connectivity index is 3.06. The summed E-state index contributed by atoms with van der Waals surface area (Å²) in [6.07, 6.45) is 25.0. The Bertz CT molecular complexity index is 302. The Morgan fingerprint density at radius 2 is 1.20 bits per heavy atom. The van der Waals surface area contributed by atoms with E-state index in [1.807, 2.05) is 0 Å². The molecule has 0 aromatic carbocycles. The smallest absolute Gasteiger partial charge is 0.304 e. The molecule has 0 radical (unpaired) electrons. The molecular weight excluding hydrogens is 310 g/mol. The van der Waals surface area contributed by atoms with Gasteiger partial charge in [0, 0.05) is 6.54 Å². The molecule has 0 aliphatic carbocycles. The summed E-state index contributed by atoms with van der Waals surface area (Å²) in [4.78, 5) is 10.3. The number of rotatable bonds is 20. The van der Waals surface area contributed by atoms with Gasteiger partial charge in [-0.3, -0.25) is 4.79 Å². The van der Waals surface area contributed by atoms with Crippen molar-refractivity contribution in [3.8, 4) is 0 Å². The lowest BCUT2D eigenvalue weighted by Crippen LogP contribution is -2.19. The van der Waals surface area contributed by atoms with E-state index in [4.69, 9.17) is 5.11 Å². The predicted octanol–water partition coefficient (Wildman–Crippen LogP) is 6.48. The zero-order valence-corrected chi connectivity index (χ0v) is 16.7. The summed E-state index contributed by atoms with van der Waals surface area (Å²) in [5.41, 5.74) is 0. The molecule has 0 fully saturated rings. The molecule has 0 aromatic rings. The molecule has 148 valence electrons. The molecular formula is C22H43NO2. The lowest BCUT2D eigenvalue weighted by atomic mass is 10.1. The van der Waals surface area contributed by atoms with Gasteiger partial charge in [-0.15, -0.1) is 0 Å². The normalized spacial score (nSPS) is 11.4. The summed E-state index contributed by atoms with van der Waals surface area (Å²) in [5.74, 6) is -0.718. The van der Waals surface area contributed by atoms with Gasteiger partial charge in [0.05, 0.1) is 6.42 Å². The van der Waals surface area contributed by atoms with E-state index in [1.54, 1.807) is 0 Å². The van der Waals surface area contributed by atoms with Crippen LogP contribution in [-0.2, 0) is 4.79 Å². The number of carboxylic acids is 1. The van der Waals surface area contributed by atoms with E-state index < -0.39 is 5.97 Å². The van der Waals surface area contributed by atoms with Crippen LogP contribution < -0.4 is 5.32 Å². The fraction of sp³-hybridized carbons (Fsp3) is 0.864. The standard InChI is InChI=1S/C22H43NO2/c1-2-3-4-5-6-7-8-9-10-11-12-13-14-15-16-17-18-20-23-21-19-22(24)25/h9-10,23H,2-8,11-21H2,1H3,(H,24,25)/b10-9-. The van der Waals surface area contributed by atoms with Crippen molar-refractivity contribution in [3.63, 3.8) is 0 Å². The highest BCUT2D eigenvalue weighted by atomic mass is 16.4. The topological polar surface area (TPSA) is 49.3 Å². The number of aliphatic carboxylic acids is 1. The van der Waals surface area contributed by atoms with Crippen LogP contribution in [0.2, 0.25) is 0 Å². The van der Waals surface area contributed by atoms with Crippen LogP contribution in [0.1, 0.15) is 110 Å². The molecule has 0 aliphatic heterocycles. The number of unbranched alkanes of at least 4 members (excludes halogenated alkanes) is 13. The van der Waals surface area contributed by atoms with E-state index in [1.165, 1.54) is 96.3 Å². The van der Waals surface area contributed by atoms with Crippen LogP contribution >= 0.6 is 0 Å². The third kappa shape index (κ3) is 23.2. The molecule has 3 nitrogen and oxygen atoms in total. The van der Waals surface area contributed by atoms with E-state index in [9.17, 15) is 4.79 Å². The van der Waals surface area contributed by atoms with Crippen LogP contribution in [0.4, 0.5) is 0 Å². The van der Waals surface area contributed by atoms with Gasteiger partial charge in [-0.05, 0) is 38.6 Å². The maximum absolute atomic E-state index is 10.3. The Hall–Kier alpha value is -0.830. The van der Waals surface area contributed by atoms with Crippen LogP contribution in [0.5, 0.6) is 0 Å². The number of hydrogen-bond acceptors (Lipinski definition) is 2. The second kappa shape index (κ2) is 21.2. The van der Waals surface area contributed by atoms with E-state index in [2.05, 4.69) is 24.4 Å². The SMILES string of the molecule is CCCCCCCC/C=C\CCCCCCCCCNCCC(=O)O. The van der Waals surface area contributed by atoms with Crippen LogP contribution in [-0.4, -0.2) is 24.2 Å². The molecule has 0 aliphatic rings. The largest absolute Gasteiger partial charge is 0.481 e. The van der Waals surface area contributed by atoms with Gasteiger partial charge in [-0.2, -0.15) is 0 Å². The summed E-state index contributed by atoms with van der Waals surface area (Å²) in [6.45, 7) is 3.83. The summed E-state index contributed by atoms with van der Waals surface area (Å²) in [5, 5.41) is 11.7. The van der Waals surface area contributed by atoms with Crippen LogP contribution in [0, 0.1) is 0 Å². The first-order valence-electron chi connectivity index (χ1n) is 10.8. The second-order valence-corrected chi connectivity index (χ2v) is 7.19. The minimum absolute atomic E-state index is 0.230. The van der Waals surface area contributed by atoms with Crippen molar-refractivity contribution in [3.05, 3.63) is 12.2 Å². The molecule has 2 N–H and O–H groups in total. The number of hydrogen-bond donors (Lipinski definition) is 2. The quantitative estimate of drug-likeness (QED) is 0.194. The summed E-state index contributed by atoms with van der Waals surface area (Å²) >= 11 is 0. The lowest BCUT2D eigenvalue weighted by molar-refractivity contribution is -0.136. The van der Waals surface area contributed by atoms with E-state index in [-0.39, 0.29) is 6.42 Å². The zero-order valence-electron chi connectivity index (χ0n) is 16.7. The lowest BCUT2D eigenvalue weighted by Gasteiger charge is -2.03. The van der Waals surface area contributed by atoms with Crippen molar-refractivity contribution in [2.24, 2.45) is 0 Å². The number of carboxylic acid groups (broad SMARTS) is 1. The Labute approximate surface area is 156 Å². The highest BCUT2D eigenvalue weighted by Gasteiger charge is 1.95. The van der Waals surface area contributed by atoms with Gasteiger partial charge in [-0.1, -0.05) is 83.3 Å². The minimum Gasteiger partial charge on any atom is -0.481 e. The molecule has 0 atom stereocenters. The molecule has 0 bridgehead atoms. The number of nitrogens with one attached hydrogen (secondary N) is 1. The summed E-state index contributed by atoms with van der Waals surface area (Å²) in [7, 11) is 0. The summed E-state index contributed by atoms with van der Waals surface area (Å²) < 4.78 is 0. The molecule has 25 heavy (non-hydrogen) atoms. The van der Waals surface area contributed by atoms with Crippen LogP contribution in [0.25, 0.3) is 0 Å².